The minimum Gasteiger partial charge on any atom is -0.160 e. The molecule has 3 aliphatic heterocycles. The fraction of sp³-hybridized carbons (Fsp3) is 1.00. The summed E-state index contributed by atoms with van der Waals surface area (Å²) in [5.74, 6) is 22.0. The van der Waals surface area contributed by atoms with Gasteiger partial charge in [-0.25, -0.2) is 0 Å². The molecule has 0 aromatic heterocycles. The maximum Gasteiger partial charge on any atom is 0.0229 e. The average Bonchev–Trinajstić information content (AvgIpc) is 3.60. The van der Waals surface area contributed by atoms with Crippen molar-refractivity contribution in [3.63, 3.8) is 0 Å². The molecule has 0 aromatic rings. The van der Waals surface area contributed by atoms with E-state index in [4.69, 9.17) is 0 Å². The summed E-state index contributed by atoms with van der Waals surface area (Å²) in [4.78, 5) is 0. The third-order valence-electron chi connectivity index (χ3n) is 4.42. The van der Waals surface area contributed by atoms with Gasteiger partial charge in [-0.05, 0) is 0 Å². The Balaban J connectivity index is 1.11. The maximum atomic E-state index is 2.26. The van der Waals surface area contributed by atoms with Gasteiger partial charge in [0.25, 0.3) is 0 Å². The number of thioether (sulfide) groups is 10. The molecule has 4 unspecified atom stereocenters. The first-order valence-corrected chi connectivity index (χ1v) is 22.0. The zero-order valence-corrected chi connectivity index (χ0v) is 25.9. The number of hydrogen-bond acceptors (Lipinski definition) is 10. The second-order valence-corrected chi connectivity index (χ2v) is 19.7. The molecule has 30 heavy (non-hydrogen) atoms. The molecule has 0 radical (unpaired) electrons. The van der Waals surface area contributed by atoms with Gasteiger partial charge in [0.05, 0.1) is 0 Å². The lowest BCUT2D eigenvalue weighted by Crippen LogP contribution is -2.13. The minimum atomic E-state index is 0.863. The Hall–Kier alpha value is 3.50. The van der Waals surface area contributed by atoms with Crippen LogP contribution in [-0.4, -0.2) is 113 Å². The van der Waals surface area contributed by atoms with E-state index in [-0.39, 0.29) is 0 Å². The molecule has 0 bridgehead atoms. The molecule has 0 aliphatic carbocycles. The van der Waals surface area contributed by atoms with E-state index in [1.54, 1.807) is 0 Å². The minimum absolute atomic E-state index is 0.863. The SMILES string of the molecule is C(CSCC(CSCC1CS1)SCCSCCSCC1CS1)SCCSCC1CS1. The van der Waals surface area contributed by atoms with Crippen LogP contribution >= 0.6 is 118 Å². The van der Waals surface area contributed by atoms with E-state index >= 15 is 0 Å². The van der Waals surface area contributed by atoms with Crippen LogP contribution in [0.25, 0.3) is 0 Å². The van der Waals surface area contributed by atoms with Crippen molar-refractivity contribution < 1.29 is 0 Å². The number of rotatable bonds is 23. The van der Waals surface area contributed by atoms with E-state index in [0.29, 0.717) is 0 Å². The van der Waals surface area contributed by atoms with Gasteiger partial charge in [-0.1, -0.05) is 0 Å². The first-order chi connectivity index (χ1) is 14.9. The molecule has 4 atom stereocenters. The third kappa shape index (κ3) is 17.0. The van der Waals surface area contributed by atoms with Crippen molar-refractivity contribution in [3.8, 4) is 0 Å². The van der Waals surface area contributed by atoms with Crippen LogP contribution in [0.2, 0.25) is 0 Å². The zero-order chi connectivity index (χ0) is 20.7. The Morgan fingerprint density at radius 1 is 0.500 bits per heavy atom. The Kier molecular flexibility index (Phi) is 17.5. The van der Waals surface area contributed by atoms with Gasteiger partial charge in [0.15, 0.2) is 0 Å². The van der Waals surface area contributed by atoms with Crippen LogP contribution < -0.4 is 0 Å². The second-order valence-electron chi connectivity index (χ2n) is 7.35. The summed E-state index contributed by atoms with van der Waals surface area (Å²) >= 11 is 21.8. The molecule has 10 heteroatoms. The molecule has 3 saturated heterocycles. The predicted octanol–water partition coefficient (Wildman–Crippen LogP) is 6.83. The summed E-state index contributed by atoms with van der Waals surface area (Å²) in [6, 6.07) is 0. The van der Waals surface area contributed by atoms with Crippen LogP contribution in [-0.2, 0) is 0 Å². The van der Waals surface area contributed by atoms with Gasteiger partial charge in [0.2, 0.25) is 0 Å². The van der Waals surface area contributed by atoms with Gasteiger partial charge in [-0.2, -0.15) is 118 Å². The van der Waals surface area contributed by atoms with Crippen molar-refractivity contribution in [2.45, 2.75) is 21.0 Å². The standard InChI is InChI=1S/C20H36S10/c1(21-2-5-24-10-18-14-28-18)4-23-9-17(12-26-13-20-16-30-20)27-8-7-22-3-6-25-11-19-15-29-19/h17-20H,1-16H2. The first-order valence-electron chi connectivity index (χ1n) is 10.8. The molecular weight excluding hydrogens is 561 g/mol. The molecule has 0 aromatic carbocycles. The third-order valence-corrected chi connectivity index (χ3v) is 17.3. The Labute approximate surface area is 228 Å². The topological polar surface area (TPSA) is 0 Å². The van der Waals surface area contributed by atoms with Gasteiger partial charge in [-0.15, -0.1) is 0 Å². The molecule has 0 N–H and O–H groups in total. The van der Waals surface area contributed by atoms with Crippen molar-refractivity contribution in [3.05, 3.63) is 0 Å². The zero-order valence-electron chi connectivity index (χ0n) is 17.7. The maximum absolute atomic E-state index is 2.26. The summed E-state index contributed by atoms with van der Waals surface area (Å²) in [6.07, 6.45) is 0. The molecular formula is C20H36S10. The number of hydrogen-bond donors (Lipinski definition) is 0. The van der Waals surface area contributed by atoms with E-state index in [9.17, 15) is 0 Å². The summed E-state index contributed by atoms with van der Waals surface area (Å²) in [7, 11) is 0. The fourth-order valence-electron chi connectivity index (χ4n) is 2.44. The van der Waals surface area contributed by atoms with E-state index in [1.165, 1.54) is 92.0 Å². The highest BCUT2D eigenvalue weighted by Crippen LogP contribution is 2.35. The molecule has 3 heterocycles. The first kappa shape index (κ1) is 28.1. The van der Waals surface area contributed by atoms with Crippen LogP contribution in [0.3, 0.4) is 0 Å². The van der Waals surface area contributed by atoms with Gasteiger partial charge < -0.3 is 0 Å². The Bertz CT molecular complexity index is 414. The quantitative estimate of drug-likeness (QED) is 0.0905. The molecule has 176 valence electrons. The highest BCUT2D eigenvalue weighted by atomic mass is 32.2. The normalized spacial score (nSPS) is 25.4. The van der Waals surface area contributed by atoms with Crippen LogP contribution in [0.15, 0.2) is 0 Å². The molecule has 3 rings (SSSR count). The Morgan fingerprint density at radius 2 is 0.900 bits per heavy atom. The van der Waals surface area contributed by atoms with Crippen molar-refractivity contribution in [2.24, 2.45) is 0 Å². The summed E-state index contributed by atoms with van der Waals surface area (Å²) in [6.45, 7) is 0. The second kappa shape index (κ2) is 18.7. The lowest BCUT2D eigenvalue weighted by Gasteiger charge is -2.16. The predicted molar refractivity (Wildman–Crippen MR) is 169 cm³/mol. The summed E-state index contributed by atoms with van der Waals surface area (Å²) < 4.78 is 0. The molecule has 3 fully saturated rings. The molecule has 0 saturated carbocycles. The van der Waals surface area contributed by atoms with Crippen LogP contribution in [0.1, 0.15) is 0 Å². The van der Waals surface area contributed by atoms with E-state index in [0.717, 1.165) is 21.0 Å². The summed E-state index contributed by atoms with van der Waals surface area (Å²) in [5.41, 5.74) is 0. The van der Waals surface area contributed by atoms with E-state index in [2.05, 4.69) is 118 Å². The van der Waals surface area contributed by atoms with Gasteiger partial charge >= 0.3 is 0 Å². The molecule has 3 aliphatic rings. The smallest absolute Gasteiger partial charge is 0.0229 e. The molecule has 0 nitrogen and oxygen atoms in total. The average molecular weight is 597 g/mol. The molecule has 0 amide bonds. The van der Waals surface area contributed by atoms with Crippen LogP contribution in [0.5, 0.6) is 0 Å². The van der Waals surface area contributed by atoms with E-state index < -0.39 is 0 Å². The van der Waals surface area contributed by atoms with Gasteiger partial charge in [0.1, 0.15) is 0 Å². The Morgan fingerprint density at radius 3 is 1.43 bits per heavy atom. The van der Waals surface area contributed by atoms with Crippen molar-refractivity contribution in [1.82, 2.24) is 0 Å². The van der Waals surface area contributed by atoms with Crippen LogP contribution in [0.4, 0.5) is 0 Å². The highest BCUT2D eigenvalue weighted by molar-refractivity contribution is 8.10. The lowest BCUT2D eigenvalue weighted by molar-refractivity contribution is 1.14. The van der Waals surface area contributed by atoms with Crippen molar-refractivity contribution in [2.75, 3.05) is 92.0 Å². The monoisotopic (exact) mass is 596 g/mol. The van der Waals surface area contributed by atoms with Gasteiger partial charge in [-0.3, -0.25) is 0 Å². The van der Waals surface area contributed by atoms with Crippen molar-refractivity contribution in [1.29, 1.82) is 0 Å². The van der Waals surface area contributed by atoms with E-state index in [1.807, 2.05) is 0 Å². The van der Waals surface area contributed by atoms with Crippen LogP contribution in [0, 0.1) is 0 Å². The van der Waals surface area contributed by atoms with Gasteiger partial charge in [0, 0.05) is 113 Å². The summed E-state index contributed by atoms with van der Waals surface area (Å²) in [5, 5.41) is 3.86. The van der Waals surface area contributed by atoms with Crippen molar-refractivity contribution >= 4 is 118 Å². The lowest BCUT2D eigenvalue weighted by atomic mass is 10.5. The highest BCUT2D eigenvalue weighted by Gasteiger charge is 2.23. The largest absolute Gasteiger partial charge is 0.160 e. The molecule has 0 spiro atoms. The fourth-order valence-corrected chi connectivity index (χ4v) is 14.1.